The third kappa shape index (κ3) is 13.4. The van der Waals surface area contributed by atoms with Crippen molar-refractivity contribution in [3.05, 3.63) is 34.9 Å². The Morgan fingerprint density at radius 3 is 0.979 bits per heavy atom. The highest BCUT2D eigenvalue weighted by atomic mass is 28.4. The van der Waals surface area contributed by atoms with Crippen LogP contribution in [0.15, 0.2) is 34.9 Å². The first-order valence-electron chi connectivity index (χ1n) is 17.4. The lowest BCUT2D eigenvalue weighted by Crippen LogP contribution is -2.41. The first-order chi connectivity index (χ1) is 21.4. The Morgan fingerprint density at radius 2 is 0.792 bits per heavy atom. The van der Waals surface area contributed by atoms with Gasteiger partial charge in [-0.2, -0.15) is 0 Å². The van der Waals surface area contributed by atoms with Crippen molar-refractivity contribution in [1.82, 2.24) is 0 Å². The standard InChI is InChI=1S/C13H24O2Si.2C12H22O3Si/c1-10-7-11(12(14)8-10)9-15-16(5,6)13(2,3)4;2*1-12(2,3)16(4,5)15-8-9-6-10(13)7-11(9)14/h7,10H,8-9H2,1-6H3;2*6,10,13H,7-8H2,1-5H3/t2*10-;/m01./s1. The van der Waals surface area contributed by atoms with E-state index in [9.17, 15) is 24.6 Å². The van der Waals surface area contributed by atoms with E-state index < -0.39 is 37.2 Å². The third-order valence-electron chi connectivity index (χ3n) is 10.8. The first kappa shape index (κ1) is 44.7. The van der Waals surface area contributed by atoms with E-state index in [1.807, 2.05) is 0 Å². The van der Waals surface area contributed by atoms with Crippen molar-refractivity contribution in [3.63, 3.8) is 0 Å². The second-order valence-electron chi connectivity index (χ2n) is 18.2. The molecule has 3 rings (SSSR count). The molecule has 3 aliphatic rings. The van der Waals surface area contributed by atoms with Crippen molar-refractivity contribution in [2.24, 2.45) is 5.92 Å². The number of ketones is 3. The monoisotopic (exact) mass is 724 g/mol. The lowest BCUT2D eigenvalue weighted by atomic mass is 10.2. The molecule has 0 saturated carbocycles. The van der Waals surface area contributed by atoms with E-state index in [1.165, 1.54) is 0 Å². The molecule has 3 aliphatic carbocycles. The number of allylic oxidation sites excluding steroid dienone is 1. The van der Waals surface area contributed by atoms with Crippen molar-refractivity contribution in [1.29, 1.82) is 0 Å². The molecule has 0 saturated heterocycles. The Labute approximate surface area is 295 Å². The van der Waals surface area contributed by atoms with Crippen molar-refractivity contribution in [2.75, 3.05) is 19.8 Å². The molecule has 0 amide bonds. The van der Waals surface area contributed by atoms with Crippen LogP contribution in [-0.2, 0) is 27.7 Å². The number of carbonyl (C=O) groups is 3. The van der Waals surface area contributed by atoms with Gasteiger partial charge in [-0.15, -0.1) is 0 Å². The average Bonchev–Trinajstić information content (AvgIpc) is 3.52. The van der Waals surface area contributed by atoms with Crippen LogP contribution in [0.3, 0.4) is 0 Å². The minimum Gasteiger partial charge on any atom is -0.412 e. The summed E-state index contributed by atoms with van der Waals surface area (Å²) in [6, 6.07) is 0. The van der Waals surface area contributed by atoms with Gasteiger partial charge in [0.25, 0.3) is 0 Å². The number of hydrogen-bond donors (Lipinski definition) is 2. The molecule has 3 atom stereocenters. The minimum atomic E-state index is -1.80. The molecular formula is C37H68O8Si3. The normalized spacial score (nSPS) is 22.5. The predicted molar refractivity (Wildman–Crippen MR) is 204 cm³/mol. The Bertz CT molecular complexity index is 1090. The molecule has 0 radical (unpaired) electrons. The van der Waals surface area contributed by atoms with E-state index in [-0.39, 0.29) is 45.3 Å². The highest BCUT2D eigenvalue weighted by Crippen LogP contribution is 2.39. The summed E-state index contributed by atoms with van der Waals surface area (Å²) >= 11 is 0. The van der Waals surface area contributed by atoms with Crippen LogP contribution >= 0.6 is 0 Å². The summed E-state index contributed by atoms with van der Waals surface area (Å²) in [5, 5.41) is 19.1. The van der Waals surface area contributed by atoms with Gasteiger partial charge in [0.05, 0.1) is 32.0 Å². The van der Waals surface area contributed by atoms with E-state index in [0.29, 0.717) is 43.3 Å². The number of aliphatic hydroxyl groups excluding tert-OH is 2. The average molecular weight is 725 g/mol. The van der Waals surface area contributed by atoms with Gasteiger partial charge < -0.3 is 23.5 Å². The molecule has 0 aromatic carbocycles. The quantitative estimate of drug-likeness (QED) is 0.229. The summed E-state index contributed by atoms with van der Waals surface area (Å²) < 4.78 is 17.9. The van der Waals surface area contributed by atoms with Crippen molar-refractivity contribution in [3.8, 4) is 0 Å². The molecule has 0 heterocycles. The predicted octanol–water partition coefficient (Wildman–Crippen LogP) is 8.08. The smallest absolute Gasteiger partial charge is 0.192 e. The summed E-state index contributed by atoms with van der Waals surface area (Å²) in [5.74, 6) is 0.703. The van der Waals surface area contributed by atoms with Crippen molar-refractivity contribution >= 4 is 42.3 Å². The Kier molecular flexibility index (Phi) is 15.6. The molecule has 1 unspecified atom stereocenters. The molecule has 276 valence electrons. The number of carbonyl (C=O) groups excluding carboxylic acids is 3. The van der Waals surface area contributed by atoms with Crippen LogP contribution in [0.1, 0.15) is 88.5 Å². The fraction of sp³-hybridized carbons (Fsp3) is 0.757. The van der Waals surface area contributed by atoms with Gasteiger partial charge in [-0.1, -0.05) is 75.3 Å². The lowest BCUT2D eigenvalue weighted by Gasteiger charge is -2.36. The van der Waals surface area contributed by atoms with Crippen LogP contribution in [0.4, 0.5) is 0 Å². The molecule has 0 bridgehead atoms. The first-order valence-corrected chi connectivity index (χ1v) is 26.1. The molecule has 0 aliphatic heterocycles. The van der Waals surface area contributed by atoms with E-state index in [1.54, 1.807) is 12.2 Å². The van der Waals surface area contributed by atoms with Gasteiger partial charge in [0.1, 0.15) is 0 Å². The lowest BCUT2D eigenvalue weighted by molar-refractivity contribution is -0.117. The second kappa shape index (κ2) is 16.8. The molecule has 8 nitrogen and oxygen atoms in total. The molecule has 48 heavy (non-hydrogen) atoms. The topological polar surface area (TPSA) is 119 Å². The largest absolute Gasteiger partial charge is 0.412 e. The summed E-state index contributed by atoms with van der Waals surface area (Å²) in [6.07, 6.45) is 5.19. The maximum atomic E-state index is 11.6. The molecule has 2 N–H and O–H groups in total. The SMILES string of the molecule is CC(C)(C)[Si](C)(C)OCC1=CC(O)CC1=O.CC(C)(C)[Si](C)(C)OCC1=C[C@@H](O)CC1=O.C[C@H]1C=C(CO[Si](C)(C)C(C)(C)C)C(=O)C1. The van der Waals surface area contributed by atoms with E-state index in [0.717, 1.165) is 5.57 Å². The highest BCUT2D eigenvalue weighted by molar-refractivity contribution is 6.75. The zero-order chi connectivity index (χ0) is 37.7. The summed E-state index contributed by atoms with van der Waals surface area (Å²) in [5.41, 5.74) is 2.16. The molecular weight excluding hydrogens is 657 g/mol. The zero-order valence-corrected chi connectivity index (χ0v) is 36.1. The highest BCUT2D eigenvalue weighted by Gasteiger charge is 2.40. The van der Waals surface area contributed by atoms with E-state index in [4.69, 9.17) is 13.3 Å². The van der Waals surface area contributed by atoms with E-state index in [2.05, 4.69) is 115 Å². The van der Waals surface area contributed by atoms with Gasteiger partial charge in [0.2, 0.25) is 0 Å². The maximum absolute atomic E-state index is 11.6. The van der Waals surface area contributed by atoms with E-state index >= 15 is 0 Å². The third-order valence-corrected chi connectivity index (χ3v) is 24.3. The van der Waals surface area contributed by atoms with Crippen LogP contribution < -0.4 is 0 Å². The van der Waals surface area contributed by atoms with Crippen molar-refractivity contribution < 1.29 is 37.9 Å². The molecule has 0 spiro atoms. The number of hydrogen-bond acceptors (Lipinski definition) is 8. The van der Waals surface area contributed by atoms with Gasteiger partial charge >= 0.3 is 0 Å². The number of rotatable bonds is 9. The fourth-order valence-corrected chi connectivity index (χ4v) is 6.99. The number of Topliss-reactive ketones (excluding diaryl/α,β-unsaturated/α-hetero) is 3. The second-order valence-corrected chi connectivity index (χ2v) is 32.6. The maximum Gasteiger partial charge on any atom is 0.192 e. The van der Waals surface area contributed by atoms with Crippen LogP contribution in [-0.4, -0.2) is 84.5 Å². The van der Waals surface area contributed by atoms with Crippen LogP contribution in [0.25, 0.3) is 0 Å². The van der Waals surface area contributed by atoms with Crippen LogP contribution in [0, 0.1) is 5.92 Å². The molecule has 0 fully saturated rings. The van der Waals surface area contributed by atoms with Gasteiger partial charge in [-0.05, 0) is 72.5 Å². The Hall–Kier alpha value is -1.32. The van der Waals surface area contributed by atoms with Gasteiger partial charge in [-0.25, -0.2) is 0 Å². The van der Waals surface area contributed by atoms with Gasteiger partial charge in [-0.3, -0.25) is 14.4 Å². The zero-order valence-electron chi connectivity index (χ0n) is 33.1. The number of aliphatic hydroxyl groups is 2. The van der Waals surface area contributed by atoms with Crippen LogP contribution in [0.5, 0.6) is 0 Å². The minimum absolute atomic E-state index is 0.0196. The Morgan fingerprint density at radius 1 is 0.542 bits per heavy atom. The van der Waals surface area contributed by atoms with Gasteiger partial charge in [0.15, 0.2) is 42.3 Å². The molecule has 0 aromatic heterocycles. The van der Waals surface area contributed by atoms with Crippen molar-refractivity contribution in [2.45, 2.75) is 155 Å². The van der Waals surface area contributed by atoms with Crippen LogP contribution in [0.2, 0.25) is 54.4 Å². The molecule has 0 aromatic rings. The molecule has 11 heteroatoms. The summed E-state index contributed by atoms with van der Waals surface area (Å²) in [4.78, 5) is 34.5. The summed E-state index contributed by atoms with van der Waals surface area (Å²) in [7, 11) is -5.31. The summed E-state index contributed by atoms with van der Waals surface area (Å²) in [6.45, 7) is 36.0. The Balaban J connectivity index is 0.000000360. The van der Waals surface area contributed by atoms with Gasteiger partial charge in [0, 0.05) is 36.0 Å². The fourth-order valence-electron chi connectivity index (χ4n) is 4.14.